The van der Waals surface area contributed by atoms with Gasteiger partial charge >= 0.3 is 11.9 Å². The number of esters is 2. The second-order valence-corrected chi connectivity index (χ2v) is 10.6. The lowest BCUT2D eigenvalue weighted by atomic mass is 10.0. The Kier molecular flexibility index (Phi) is 19.6. The van der Waals surface area contributed by atoms with Crippen LogP contribution in [-0.2, 0) is 47.5 Å². The summed E-state index contributed by atoms with van der Waals surface area (Å²) in [5, 5.41) is 0. The van der Waals surface area contributed by atoms with Gasteiger partial charge < -0.3 is 42.6 Å². The number of hydrogen-bond donors (Lipinski definition) is 0. The first-order valence-corrected chi connectivity index (χ1v) is 15.7. The van der Waals surface area contributed by atoms with Crippen molar-refractivity contribution in [2.45, 2.75) is 46.4 Å². The predicted octanol–water partition coefficient (Wildman–Crippen LogP) is 4.70. The summed E-state index contributed by atoms with van der Waals surface area (Å²) >= 11 is 0. The summed E-state index contributed by atoms with van der Waals surface area (Å²) in [6.45, 7) is 15.7. The van der Waals surface area contributed by atoms with Gasteiger partial charge in [0.15, 0.2) is 18.4 Å². The summed E-state index contributed by atoms with van der Waals surface area (Å²) in [6, 6.07) is 15.9. The van der Waals surface area contributed by atoms with Gasteiger partial charge in [-0.15, -0.1) is 0 Å². The van der Waals surface area contributed by atoms with Crippen LogP contribution in [0.4, 0.5) is 0 Å². The third-order valence-electron chi connectivity index (χ3n) is 6.27. The number of hydrogen-bond acceptors (Lipinski definition) is 12. The quantitative estimate of drug-likeness (QED) is 0.0451. The Labute approximate surface area is 282 Å². The Bertz CT molecular complexity index is 1260. The van der Waals surface area contributed by atoms with Gasteiger partial charge in [-0.1, -0.05) is 43.5 Å². The van der Waals surface area contributed by atoms with E-state index in [2.05, 4.69) is 13.2 Å². The molecule has 264 valence electrons. The van der Waals surface area contributed by atoms with E-state index in [1.165, 1.54) is 0 Å². The van der Waals surface area contributed by atoms with Crippen molar-refractivity contribution in [1.82, 2.24) is 0 Å². The number of ketones is 1. The summed E-state index contributed by atoms with van der Waals surface area (Å²) < 4.78 is 50.0. The van der Waals surface area contributed by atoms with Crippen molar-refractivity contribution in [3.8, 4) is 5.75 Å². The van der Waals surface area contributed by atoms with E-state index < -0.39 is 30.6 Å². The maximum absolute atomic E-state index is 12.7. The molecule has 0 heterocycles. The lowest BCUT2D eigenvalue weighted by molar-refractivity contribution is -0.208. The maximum Gasteiger partial charge on any atom is 0.333 e. The van der Waals surface area contributed by atoms with Crippen LogP contribution >= 0.6 is 0 Å². The normalized spacial score (nSPS) is 12.8. The summed E-state index contributed by atoms with van der Waals surface area (Å²) in [5.74, 6) is -0.446. The Morgan fingerprint density at radius 3 is 1.65 bits per heavy atom. The van der Waals surface area contributed by atoms with E-state index in [0.717, 1.165) is 0 Å². The van der Waals surface area contributed by atoms with Crippen LogP contribution in [0.15, 0.2) is 78.9 Å². The molecule has 0 bridgehead atoms. The maximum atomic E-state index is 12.7. The molecular formula is C36H48O12. The van der Waals surface area contributed by atoms with E-state index in [1.807, 2.05) is 18.2 Å². The van der Waals surface area contributed by atoms with Gasteiger partial charge in [0.05, 0.1) is 46.2 Å². The minimum absolute atomic E-state index is 0.0785. The van der Waals surface area contributed by atoms with Gasteiger partial charge in [0.25, 0.3) is 0 Å². The van der Waals surface area contributed by atoms with Crippen molar-refractivity contribution in [1.29, 1.82) is 0 Å². The third-order valence-corrected chi connectivity index (χ3v) is 6.27. The molecule has 0 fully saturated rings. The molecule has 0 saturated carbocycles. The number of rotatable bonds is 26. The van der Waals surface area contributed by atoms with E-state index in [9.17, 15) is 14.4 Å². The van der Waals surface area contributed by atoms with Crippen molar-refractivity contribution in [2.75, 3.05) is 66.1 Å². The SMILES string of the molecule is C=C(C)C(=O)OCCOCCOC(C)OCC(COc1ccc(C(=O)c2ccccc2)cc1)OC(C)OCCOCCOC(=O)C(=C)C. The first kappa shape index (κ1) is 40.3. The number of ether oxygens (including phenoxy) is 9. The first-order chi connectivity index (χ1) is 23.1. The van der Waals surface area contributed by atoms with Crippen LogP contribution in [0.3, 0.4) is 0 Å². The molecule has 2 aromatic rings. The van der Waals surface area contributed by atoms with Crippen LogP contribution in [0.1, 0.15) is 43.6 Å². The number of benzene rings is 2. The van der Waals surface area contributed by atoms with Crippen LogP contribution < -0.4 is 4.74 Å². The van der Waals surface area contributed by atoms with Crippen LogP contribution in [0.5, 0.6) is 5.75 Å². The molecule has 0 N–H and O–H groups in total. The minimum Gasteiger partial charge on any atom is -0.491 e. The zero-order valence-electron chi connectivity index (χ0n) is 28.3. The van der Waals surface area contributed by atoms with Gasteiger partial charge in [-0.2, -0.15) is 0 Å². The molecule has 3 atom stereocenters. The van der Waals surface area contributed by atoms with Gasteiger partial charge in [0.2, 0.25) is 0 Å². The average molecular weight is 673 g/mol. The Hall–Kier alpha value is -3.91. The fourth-order valence-electron chi connectivity index (χ4n) is 3.76. The van der Waals surface area contributed by atoms with Gasteiger partial charge in [-0.3, -0.25) is 4.79 Å². The molecule has 12 nitrogen and oxygen atoms in total. The van der Waals surface area contributed by atoms with Gasteiger partial charge in [-0.05, 0) is 52.0 Å². The van der Waals surface area contributed by atoms with E-state index in [1.54, 1.807) is 64.1 Å². The van der Waals surface area contributed by atoms with Crippen LogP contribution in [0.25, 0.3) is 0 Å². The highest BCUT2D eigenvalue weighted by molar-refractivity contribution is 6.09. The Balaban J connectivity index is 1.80. The molecule has 0 aliphatic heterocycles. The third kappa shape index (κ3) is 17.3. The highest BCUT2D eigenvalue weighted by Crippen LogP contribution is 2.17. The van der Waals surface area contributed by atoms with Crippen LogP contribution in [0, 0.1) is 0 Å². The van der Waals surface area contributed by atoms with E-state index in [4.69, 9.17) is 42.6 Å². The monoisotopic (exact) mass is 672 g/mol. The van der Waals surface area contributed by atoms with E-state index in [0.29, 0.717) is 28.0 Å². The fraction of sp³-hybridized carbons (Fsp3) is 0.472. The molecule has 12 heteroatoms. The smallest absolute Gasteiger partial charge is 0.333 e. The Morgan fingerprint density at radius 1 is 0.604 bits per heavy atom. The lowest BCUT2D eigenvalue weighted by Crippen LogP contribution is -2.34. The molecule has 0 aliphatic carbocycles. The fourth-order valence-corrected chi connectivity index (χ4v) is 3.76. The number of carbonyl (C=O) groups is 3. The zero-order chi connectivity index (χ0) is 35.1. The molecule has 0 aliphatic rings. The first-order valence-electron chi connectivity index (χ1n) is 15.7. The molecule has 3 unspecified atom stereocenters. The van der Waals surface area contributed by atoms with Crippen LogP contribution in [-0.4, -0.2) is 102 Å². The molecule has 2 rings (SSSR count). The van der Waals surface area contributed by atoms with E-state index in [-0.39, 0.29) is 71.9 Å². The molecular weight excluding hydrogens is 624 g/mol. The molecule has 0 radical (unpaired) electrons. The van der Waals surface area contributed by atoms with Crippen molar-refractivity contribution in [2.24, 2.45) is 0 Å². The molecule has 2 aromatic carbocycles. The second-order valence-electron chi connectivity index (χ2n) is 10.6. The van der Waals surface area contributed by atoms with Gasteiger partial charge in [-0.25, -0.2) is 9.59 Å². The van der Waals surface area contributed by atoms with Gasteiger partial charge in [0, 0.05) is 22.3 Å². The second kappa shape index (κ2) is 23.4. The molecule has 0 amide bonds. The molecule has 0 saturated heterocycles. The van der Waals surface area contributed by atoms with Crippen molar-refractivity contribution in [3.63, 3.8) is 0 Å². The largest absolute Gasteiger partial charge is 0.491 e. The van der Waals surface area contributed by atoms with Crippen molar-refractivity contribution in [3.05, 3.63) is 90.0 Å². The van der Waals surface area contributed by atoms with Crippen molar-refractivity contribution < 1.29 is 57.0 Å². The minimum atomic E-state index is -0.624. The highest BCUT2D eigenvalue weighted by atomic mass is 16.7. The zero-order valence-corrected chi connectivity index (χ0v) is 28.3. The van der Waals surface area contributed by atoms with E-state index >= 15 is 0 Å². The van der Waals surface area contributed by atoms with Crippen molar-refractivity contribution >= 4 is 17.7 Å². The standard InChI is InChI=1S/C36H48O12/c1-26(2)35(38)44-22-18-40-16-20-42-28(5)46-24-33(48-29(6)43-21-17-41-19-23-45-36(39)27(3)4)25-47-32-14-12-31(13-15-32)34(37)30-10-8-7-9-11-30/h7-15,28-29,33H,1,3,16-25H2,2,4-6H3. The predicted molar refractivity (Wildman–Crippen MR) is 177 cm³/mol. The Morgan fingerprint density at radius 2 is 1.10 bits per heavy atom. The molecule has 48 heavy (non-hydrogen) atoms. The highest BCUT2D eigenvalue weighted by Gasteiger charge is 2.18. The summed E-state index contributed by atoms with van der Waals surface area (Å²) in [5.41, 5.74) is 1.81. The molecule has 0 aromatic heterocycles. The summed E-state index contributed by atoms with van der Waals surface area (Å²) in [4.78, 5) is 35.5. The summed E-state index contributed by atoms with van der Waals surface area (Å²) in [6.07, 6.45) is -1.74. The average Bonchev–Trinajstić information content (AvgIpc) is 3.08. The topological polar surface area (TPSA) is 134 Å². The molecule has 0 spiro atoms. The summed E-state index contributed by atoms with van der Waals surface area (Å²) in [7, 11) is 0. The lowest BCUT2D eigenvalue weighted by Gasteiger charge is -2.24. The number of carbonyl (C=O) groups excluding carboxylic acids is 3. The van der Waals surface area contributed by atoms with Gasteiger partial charge in [0.1, 0.15) is 31.7 Å². The van der Waals surface area contributed by atoms with Crippen LogP contribution in [0.2, 0.25) is 0 Å².